The zero-order chi connectivity index (χ0) is 11.7. The summed E-state index contributed by atoms with van der Waals surface area (Å²) >= 11 is 1.78. The zero-order valence-corrected chi connectivity index (χ0v) is 10.3. The summed E-state index contributed by atoms with van der Waals surface area (Å²) in [6.07, 6.45) is 3.81. The minimum atomic E-state index is 0.199. The SMILES string of the molecule is CNC(c1cn[nH]c1)c1csc2ccccc12. The van der Waals surface area contributed by atoms with Crippen LogP contribution in [0.2, 0.25) is 0 Å². The average Bonchev–Trinajstić information content (AvgIpc) is 3.01. The minimum absolute atomic E-state index is 0.199. The topological polar surface area (TPSA) is 40.7 Å². The summed E-state index contributed by atoms with van der Waals surface area (Å²) < 4.78 is 1.33. The molecule has 1 aromatic carbocycles. The van der Waals surface area contributed by atoms with Gasteiger partial charge in [-0.3, -0.25) is 5.10 Å². The maximum Gasteiger partial charge on any atom is 0.0619 e. The van der Waals surface area contributed by atoms with Gasteiger partial charge in [-0.25, -0.2) is 0 Å². The van der Waals surface area contributed by atoms with Gasteiger partial charge in [0.2, 0.25) is 0 Å². The molecule has 0 aliphatic carbocycles. The van der Waals surface area contributed by atoms with E-state index in [1.165, 1.54) is 15.6 Å². The Morgan fingerprint density at radius 2 is 2.24 bits per heavy atom. The summed E-state index contributed by atoms with van der Waals surface area (Å²) in [5.41, 5.74) is 2.48. The number of fused-ring (bicyclic) bond motifs is 1. The summed E-state index contributed by atoms with van der Waals surface area (Å²) in [6.45, 7) is 0. The van der Waals surface area contributed by atoms with Crippen LogP contribution < -0.4 is 5.32 Å². The van der Waals surface area contributed by atoms with Crippen LogP contribution in [0.3, 0.4) is 0 Å². The number of hydrogen-bond donors (Lipinski definition) is 2. The maximum absolute atomic E-state index is 4.02. The number of nitrogens with zero attached hydrogens (tertiary/aromatic N) is 1. The van der Waals surface area contributed by atoms with Crippen molar-refractivity contribution in [2.75, 3.05) is 7.05 Å². The van der Waals surface area contributed by atoms with Gasteiger partial charge in [-0.15, -0.1) is 11.3 Å². The Kier molecular flexibility index (Phi) is 2.66. The van der Waals surface area contributed by atoms with E-state index in [0.717, 1.165) is 5.56 Å². The molecule has 4 heteroatoms. The lowest BCUT2D eigenvalue weighted by molar-refractivity contribution is 0.699. The minimum Gasteiger partial charge on any atom is -0.309 e. The van der Waals surface area contributed by atoms with Crippen molar-refractivity contribution in [3.8, 4) is 0 Å². The predicted octanol–water partition coefficient (Wildman–Crippen LogP) is 2.93. The van der Waals surface area contributed by atoms with Gasteiger partial charge in [-0.05, 0) is 29.4 Å². The summed E-state index contributed by atoms with van der Waals surface area (Å²) in [4.78, 5) is 0. The smallest absolute Gasteiger partial charge is 0.0619 e. The van der Waals surface area contributed by atoms with Crippen LogP contribution in [0.25, 0.3) is 10.1 Å². The van der Waals surface area contributed by atoms with E-state index in [9.17, 15) is 0 Å². The molecule has 0 saturated heterocycles. The highest BCUT2D eigenvalue weighted by molar-refractivity contribution is 7.17. The summed E-state index contributed by atoms with van der Waals surface area (Å²) in [5, 5.41) is 13.8. The monoisotopic (exact) mass is 243 g/mol. The molecule has 3 nitrogen and oxygen atoms in total. The van der Waals surface area contributed by atoms with Crippen molar-refractivity contribution in [2.24, 2.45) is 0 Å². The molecule has 2 N–H and O–H groups in total. The molecule has 0 radical (unpaired) electrons. The Morgan fingerprint density at radius 3 is 3.00 bits per heavy atom. The molecule has 2 heterocycles. The van der Waals surface area contributed by atoms with Crippen LogP contribution in [0.5, 0.6) is 0 Å². The first-order valence-corrected chi connectivity index (χ1v) is 6.40. The van der Waals surface area contributed by atoms with Crippen molar-refractivity contribution in [2.45, 2.75) is 6.04 Å². The molecule has 0 bridgehead atoms. The second-order valence-corrected chi connectivity index (χ2v) is 4.85. The molecule has 0 spiro atoms. The lowest BCUT2D eigenvalue weighted by Gasteiger charge is -2.13. The quantitative estimate of drug-likeness (QED) is 0.742. The Labute approximate surface area is 103 Å². The molecular weight excluding hydrogens is 230 g/mol. The predicted molar refractivity (Wildman–Crippen MR) is 71.3 cm³/mol. The highest BCUT2D eigenvalue weighted by Gasteiger charge is 2.16. The average molecular weight is 243 g/mol. The number of rotatable bonds is 3. The van der Waals surface area contributed by atoms with Crippen molar-refractivity contribution >= 4 is 21.4 Å². The van der Waals surface area contributed by atoms with Crippen LogP contribution in [0.4, 0.5) is 0 Å². The number of thiophene rings is 1. The Morgan fingerprint density at radius 1 is 1.35 bits per heavy atom. The van der Waals surface area contributed by atoms with Gasteiger partial charge in [0, 0.05) is 16.5 Å². The Balaban J connectivity index is 2.13. The molecule has 2 aromatic heterocycles. The second kappa shape index (κ2) is 4.31. The molecular formula is C13H13N3S. The normalized spacial score (nSPS) is 13.0. The van der Waals surface area contributed by atoms with E-state index in [1.54, 1.807) is 11.3 Å². The third kappa shape index (κ3) is 1.75. The van der Waals surface area contributed by atoms with Gasteiger partial charge in [0.15, 0.2) is 0 Å². The van der Waals surface area contributed by atoms with Crippen LogP contribution in [0.15, 0.2) is 42.0 Å². The third-order valence-electron chi connectivity index (χ3n) is 2.96. The van der Waals surface area contributed by atoms with E-state index in [1.807, 2.05) is 19.4 Å². The Hall–Kier alpha value is -1.65. The van der Waals surface area contributed by atoms with Crippen LogP contribution in [-0.2, 0) is 0 Å². The van der Waals surface area contributed by atoms with Gasteiger partial charge in [-0.1, -0.05) is 18.2 Å². The second-order valence-electron chi connectivity index (χ2n) is 3.94. The van der Waals surface area contributed by atoms with E-state index in [0.29, 0.717) is 0 Å². The molecule has 0 saturated carbocycles. The fourth-order valence-electron chi connectivity index (χ4n) is 2.14. The molecule has 86 valence electrons. The number of aromatic amines is 1. The van der Waals surface area contributed by atoms with Crippen molar-refractivity contribution in [3.63, 3.8) is 0 Å². The third-order valence-corrected chi connectivity index (χ3v) is 3.95. The molecule has 0 aliphatic rings. The van der Waals surface area contributed by atoms with Gasteiger partial charge >= 0.3 is 0 Å². The highest BCUT2D eigenvalue weighted by atomic mass is 32.1. The number of benzene rings is 1. The van der Waals surface area contributed by atoms with E-state index in [2.05, 4.69) is 45.2 Å². The summed E-state index contributed by atoms with van der Waals surface area (Å²) in [6, 6.07) is 8.69. The van der Waals surface area contributed by atoms with Crippen LogP contribution in [-0.4, -0.2) is 17.2 Å². The van der Waals surface area contributed by atoms with E-state index in [4.69, 9.17) is 0 Å². The molecule has 1 unspecified atom stereocenters. The van der Waals surface area contributed by atoms with Crippen LogP contribution in [0, 0.1) is 0 Å². The van der Waals surface area contributed by atoms with Gasteiger partial charge < -0.3 is 5.32 Å². The van der Waals surface area contributed by atoms with Gasteiger partial charge in [-0.2, -0.15) is 5.10 Å². The van der Waals surface area contributed by atoms with Gasteiger partial charge in [0.1, 0.15) is 0 Å². The summed E-state index contributed by atoms with van der Waals surface area (Å²) in [7, 11) is 1.98. The molecule has 1 atom stereocenters. The van der Waals surface area contributed by atoms with Crippen molar-refractivity contribution < 1.29 is 0 Å². The van der Waals surface area contributed by atoms with Crippen molar-refractivity contribution in [1.29, 1.82) is 0 Å². The summed E-state index contributed by atoms with van der Waals surface area (Å²) in [5.74, 6) is 0. The first-order chi connectivity index (χ1) is 8.40. The first-order valence-electron chi connectivity index (χ1n) is 5.52. The van der Waals surface area contributed by atoms with E-state index >= 15 is 0 Å². The molecule has 3 aromatic rings. The largest absolute Gasteiger partial charge is 0.309 e. The molecule has 0 aliphatic heterocycles. The number of aromatic nitrogens is 2. The Bertz CT molecular complexity index is 612. The lowest BCUT2D eigenvalue weighted by atomic mass is 10.0. The zero-order valence-electron chi connectivity index (χ0n) is 9.47. The fourth-order valence-corrected chi connectivity index (χ4v) is 3.13. The fraction of sp³-hybridized carbons (Fsp3) is 0.154. The van der Waals surface area contributed by atoms with E-state index < -0.39 is 0 Å². The van der Waals surface area contributed by atoms with Crippen molar-refractivity contribution in [1.82, 2.24) is 15.5 Å². The number of nitrogens with one attached hydrogen (secondary N) is 2. The highest BCUT2D eigenvalue weighted by Crippen LogP contribution is 2.32. The van der Waals surface area contributed by atoms with Crippen LogP contribution in [0.1, 0.15) is 17.2 Å². The van der Waals surface area contributed by atoms with Gasteiger partial charge in [0.25, 0.3) is 0 Å². The molecule has 0 amide bonds. The van der Waals surface area contributed by atoms with E-state index in [-0.39, 0.29) is 6.04 Å². The molecule has 3 rings (SSSR count). The van der Waals surface area contributed by atoms with Crippen LogP contribution >= 0.6 is 11.3 Å². The number of H-pyrrole nitrogens is 1. The molecule has 0 fully saturated rings. The standard InChI is InChI=1S/C13H13N3S/c1-14-13(9-6-15-16-7-9)11-8-17-12-5-3-2-4-10(11)12/h2-8,13-14H,1H3,(H,15,16). The van der Waals surface area contributed by atoms with Gasteiger partial charge in [0.05, 0.1) is 12.2 Å². The maximum atomic E-state index is 4.02. The van der Waals surface area contributed by atoms with Crippen molar-refractivity contribution in [3.05, 3.63) is 53.2 Å². The lowest BCUT2D eigenvalue weighted by Crippen LogP contribution is -2.16. The molecule has 17 heavy (non-hydrogen) atoms. The number of hydrogen-bond acceptors (Lipinski definition) is 3. The first kappa shape index (κ1) is 10.5.